The fraction of sp³-hybridized carbons (Fsp3) is 0.562. The van der Waals surface area contributed by atoms with Gasteiger partial charge >= 0.3 is 0 Å². The van der Waals surface area contributed by atoms with Crippen LogP contribution in [-0.4, -0.2) is 29.9 Å². The molecule has 1 aliphatic carbocycles. The van der Waals surface area contributed by atoms with Gasteiger partial charge in [0.05, 0.1) is 6.54 Å². The van der Waals surface area contributed by atoms with Gasteiger partial charge in [-0.15, -0.1) is 17.9 Å². The van der Waals surface area contributed by atoms with E-state index in [0.29, 0.717) is 12.6 Å². The van der Waals surface area contributed by atoms with Crippen molar-refractivity contribution in [3.8, 4) is 0 Å². The smallest absolute Gasteiger partial charge is 0.234 e. The summed E-state index contributed by atoms with van der Waals surface area (Å²) < 4.78 is 0. The summed E-state index contributed by atoms with van der Waals surface area (Å²) in [7, 11) is 0. The van der Waals surface area contributed by atoms with Crippen molar-refractivity contribution in [3.05, 3.63) is 35.0 Å². The first-order valence-electron chi connectivity index (χ1n) is 7.43. The summed E-state index contributed by atoms with van der Waals surface area (Å²) in [5, 5.41) is 5.25. The van der Waals surface area contributed by atoms with Crippen LogP contribution in [0.25, 0.3) is 0 Å². The average molecular weight is 292 g/mol. The highest BCUT2D eigenvalue weighted by atomic mass is 32.1. The van der Waals surface area contributed by atoms with Crippen molar-refractivity contribution in [2.45, 2.75) is 44.7 Å². The molecule has 1 heterocycles. The molecule has 0 saturated heterocycles. The molecule has 0 aromatic carbocycles. The molecule has 0 spiro atoms. The molecule has 0 aliphatic heterocycles. The minimum absolute atomic E-state index is 0.148. The van der Waals surface area contributed by atoms with E-state index < -0.39 is 0 Å². The van der Waals surface area contributed by atoms with Gasteiger partial charge in [-0.3, -0.25) is 9.69 Å². The molecule has 4 heteroatoms. The van der Waals surface area contributed by atoms with Crippen molar-refractivity contribution in [1.29, 1.82) is 0 Å². The molecule has 1 fully saturated rings. The molecule has 1 amide bonds. The highest BCUT2D eigenvalue weighted by Crippen LogP contribution is 2.17. The summed E-state index contributed by atoms with van der Waals surface area (Å²) in [5.74, 6) is 0.148. The van der Waals surface area contributed by atoms with Gasteiger partial charge in [0.15, 0.2) is 0 Å². The molecule has 0 radical (unpaired) electrons. The van der Waals surface area contributed by atoms with Crippen molar-refractivity contribution >= 4 is 17.2 Å². The maximum atomic E-state index is 12.1. The zero-order chi connectivity index (χ0) is 14.2. The third-order valence-electron chi connectivity index (χ3n) is 3.68. The number of hydrogen-bond acceptors (Lipinski definition) is 3. The Morgan fingerprint density at radius 1 is 1.45 bits per heavy atom. The molecule has 1 saturated carbocycles. The lowest BCUT2D eigenvalue weighted by atomic mass is 9.95. The van der Waals surface area contributed by atoms with Crippen LogP contribution in [-0.2, 0) is 11.3 Å². The summed E-state index contributed by atoms with van der Waals surface area (Å²) in [5.41, 5.74) is 0. The van der Waals surface area contributed by atoms with Crippen LogP contribution in [0, 0.1) is 0 Å². The van der Waals surface area contributed by atoms with Gasteiger partial charge in [0.2, 0.25) is 5.91 Å². The highest BCUT2D eigenvalue weighted by Gasteiger charge is 2.17. The second-order valence-corrected chi connectivity index (χ2v) is 6.47. The van der Waals surface area contributed by atoms with E-state index in [1.807, 2.05) is 12.1 Å². The fourth-order valence-corrected chi connectivity index (χ4v) is 3.46. The van der Waals surface area contributed by atoms with Crippen molar-refractivity contribution < 1.29 is 4.79 Å². The van der Waals surface area contributed by atoms with Crippen LogP contribution < -0.4 is 5.32 Å². The van der Waals surface area contributed by atoms with Gasteiger partial charge in [-0.05, 0) is 24.3 Å². The van der Waals surface area contributed by atoms with Gasteiger partial charge in [-0.1, -0.05) is 31.4 Å². The predicted molar refractivity (Wildman–Crippen MR) is 84.8 cm³/mol. The topological polar surface area (TPSA) is 32.3 Å². The Labute approximate surface area is 125 Å². The Morgan fingerprint density at radius 3 is 2.90 bits per heavy atom. The largest absolute Gasteiger partial charge is 0.352 e. The lowest BCUT2D eigenvalue weighted by Gasteiger charge is -2.25. The van der Waals surface area contributed by atoms with Crippen LogP contribution >= 0.6 is 11.3 Å². The van der Waals surface area contributed by atoms with Gasteiger partial charge < -0.3 is 5.32 Å². The average Bonchev–Trinajstić information content (AvgIpc) is 2.93. The zero-order valence-electron chi connectivity index (χ0n) is 12.0. The molecule has 1 aromatic rings. The van der Waals surface area contributed by atoms with E-state index in [1.54, 1.807) is 11.3 Å². The lowest BCUT2D eigenvalue weighted by molar-refractivity contribution is -0.123. The molecule has 20 heavy (non-hydrogen) atoms. The number of nitrogens with one attached hydrogen (secondary N) is 1. The minimum Gasteiger partial charge on any atom is -0.352 e. The Hall–Kier alpha value is -1.13. The monoisotopic (exact) mass is 292 g/mol. The van der Waals surface area contributed by atoms with Crippen LogP contribution in [0.1, 0.15) is 37.0 Å². The lowest BCUT2D eigenvalue weighted by Crippen LogP contribution is -2.42. The van der Waals surface area contributed by atoms with E-state index in [9.17, 15) is 4.79 Å². The summed E-state index contributed by atoms with van der Waals surface area (Å²) >= 11 is 1.73. The summed E-state index contributed by atoms with van der Waals surface area (Å²) in [6.07, 6.45) is 7.94. The van der Waals surface area contributed by atoms with Gasteiger partial charge in [0, 0.05) is 24.0 Å². The van der Waals surface area contributed by atoms with Gasteiger partial charge in [-0.2, -0.15) is 0 Å². The van der Waals surface area contributed by atoms with Crippen LogP contribution in [0.15, 0.2) is 30.2 Å². The first kappa shape index (κ1) is 15.3. The number of rotatable bonds is 7. The van der Waals surface area contributed by atoms with E-state index in [4.69, 9.17) is 0 Å². The van der Waals surface area contributed by atoms with Crippen LogP contribution in [0.3, 0.4) is 0 Å². The minimum atomic E-state index is 0.148. The number of nitrogens with zero attached hydrogens (tertiary/aromatic N) is 1. The second kappa shape index (κ2) is 8.22. The van der Waals surface area contributed by atoms with E-state index in [-0.39, 0.29) is 5.91 Å². The summed E-state index contributed by atoms with van der Waals surface area (Å²) in [6.45, 7) is 5.81. The molecule has 0 bridgehead atoms. The molecular weight excluding hydrogens is 268 g/mol. The Bertz CT molecular complexity index is 410. The standard InChI is InChI=1S/C16H24N2OS/c1-2-10-18(12-15-9-6-11-20-15)13-16(19)17-14-7-4-3-5-8-14/h2,6,9,11,14H,1,3-5,7-8,10,12-13H2,(H,17,19). The number of carbonyl (C=O) groups excluding carboxylic acids is 1. The molecule has 2 rings (SSSR count). The van der Waals surface area contributed by atoms with E-state index >= 15 is 0 Å². The highest BCUT2D eigenvalue weighted by molar-refractivity contribution is 7.09. The van der Waals surface area contributed by atoms with Crippen molar-refractivity contribution in [1.82, 2.24) is 10.2 Å². The zero-order valence-corrected chi connectivity index (χ0v) is 12.8. The molecule has 1 aromatic heterocycles. The summed E-state index contributed by atoms with van der Waals surface area (Å²) in [6, 6.07) is 4.55. The fourth-order valence-electron chi connectivity index (χ4n) is 2.71. The summed E-state index contributed by atoms with van der Waals surface area (Å²) in [4.78, 5) is 15.6. The van der Waals surface area contributed by atoms with Gasteiger partial charge in [0.1, 0.15) is 0 Å². The number of thiophene rings is 1. The van der Waals surface area contributed by atoms with Crippen LogP contribution in [0.5, 0.6) is 0 Å². The van der Waals surface area contributed by atoms with E-state index in [0.717, 1.165) is 25.9 Å². The maximum Gasteiger partial charge on any atom is 0.234 e. The van der Waals surface area contributed by atoms with Gasteiger partial charge in [-0.25, -0.2) is 0 Å². The molecule has 110 valence electrons. The molecule has 0 unspecified atom stereocenters. The second-order valence-electron chi connectivity index (χ2n) is 5.44. The maximum absolute atomic E-state index is 12.1. The predicted octanol–water partition coefficient (Wildman–Crippen LogP) is 3.19. The van der Waals surface area contributed by atoms with Gasteiger partial charge in [0.25, 0.3) is 0 Å². The number of amides is 1. The third-order valence-corrected chi connectivity index (χ3v) is 4.55. The van der Waals surface area contributed by atoms with E-state index in [1.165, 1.54) is 24.1 Å². The Morgan fingerprint density at radius 2 is 2.25 bits per heavy atom. The molecule has 0 atom stereocenters. The molecule has 3 nitrogen and oxygen atoms in total. The first-order chi connectivity index (χ1) is 9.78. The normalized spacial score (nSPS) is 16.2. The quantitative estimate of drug-likeness (QED) is 0.783. The third kappa shape index (κ3) is 5.10. The number of hydrogen-bond donors (Lipinski definition) is 1. The molecular formula is C16H24N2OS. The van der Waals surface area contributed by atoms with E-state index in [2.05, 4.69) is 28.2 Å². The number of carbonyl (C=O) groups is 1. The van der Waals surface area contributed by atoms with Crippen molar-refractivity contribution in [2.75, 3.05) is 13.1 Å². The van der Waals surface area contributed by atoms with Crippen LogP contribution in [0.2, 0.25) is 0 Å². The molecule has 1 aliphatic rings. The Balaban J connectivity index is 1.80. The Kier molecular flexibility index (Phi) is 6.27. The first-order valence-corrected chi connectivity index (χ1v) is 8.31. The van der Waals surface area contributed by atoms with Crippen LogP contribution in [0.4, 0.5) is 0 Å². The van der Waals surface area contributed by atoms with Crippen molar-refractivity contribution in [3.63, 3.8) is 0 Å². The molecule has 1 N–H and O–H groups in total. The van der Waals surface area contributed by atoms with Crippen molar-refractivity contribution in [2.24, 2.45) is 0 Å². The SMILES string of the molecule is C=CCN(CC(=O)NC1CCCCC1)Cc1cccs1.